The molecule has 1 aromatic carbocycles. The van der Waals surface area contributed by atoms with Crippen LogP contribution in [0, 0.1) is 5.82 Å². The van der Waals surface area contributed by atoms with Crippen molar-refractivity contribution < 1.29 is 9.18 Å². The van der Waals surface area contributed by atoms with E-state index in [0.29, 0.717) is 12.1 Å². The summed E-state index contributed by atoms with van der Waals surface area (Å²) >= 11 is 5.85. The lowest BCUT2D eigenvalue weighted by molar-refractivity contribution is 0.0953. The molecule has 0 fully saturated rings. The average Bonchev–Trinajstić information content (AvgIpc) is 2.26. The van der Waals surface area contributed by atoms with Crippen molar-refractivity contribution in [1.82, 2.24) is 5.32 Å². The second kappa shape index (κ2) is 5.71. The van der Waals surface area contributed by atoms with Gasteiger partial charge in [-0.15, -0.1) is 11.6 Å². The van der Waals surface area contributed by atoms with E-state index in [-0.39, 0.29) is 17.1 Å². The summed E-state index contributed by atoms with van der Waals surface area (Å²) in [6.45, 7) is 2.37. The van der Waals surface area contributed by atoms with Crippen LogP contribution in [-0.2, 0) is 0 Å². The van der Waals surface area contributed by atoms with Gasteiger partial charge in [-0.2, -0.15) is 0 Å². The first-order valence-electron chi connectivity index (χ1n) is 4.81. The van der Waals surface area contributed by atoms with Crippen molar-refractivity contribution in [2.45, 2.75) is 18.7 Å². The molecule has 0 aliphatic heterocycles. The molecule has 4 heteroatoms. The molecule has 0 heterocycles. The van der Waals surface area contributed by atoms with Crippen LogP contribution in [0.25, 0.3) is 0 Å². The SMILES string of the molecule is CCC(Cl)CNC(=O)c1ccc(F)cc1. The summed E-state index contributed by atoms with van der Waals surface area (Å²) in [6, 6.07) is 5.40. The molecule has 1 rings (SSSR count). The topological polar surface area (TPSA) is 29.1 Å². The van der Waals surface area contributed by atoms with Gasteiger partial charge in [0.05, 0.1) is 5.38 Å². The molecule has 0 aromatic heterocycles. The van der Waals surface area contributed by atoms with Crippen molar-refractivity contribution >= 4 is 17.5 Å². The number of hydrogen-bond donors (Lipinski definition) is 1. The molecule has 0 radical (unpaired) electrons. The molecule has 0 aliphatic carbocycles. The standard InChI is InChI=1S/C11H13ClFNO/c1-2-9(12)7-14-11(15)8-3-5-10(13)6-4-8/h3-6,9H,2,7H2,1H3,(H,14,15). The van der Waals surface area contributed by atoms with Gasteiger partial charge in [-0.3, -0.25) is 4.79 Å². The molecule has 1 amide bonds. The molecule has 0 aliphatic rings. The largest absolute Gasteiger partial charge is 0.351 e. The second-order valence-corrected chi connectivity index (χ2v) is 3.84. The molecule has 1 unspecified atom stereocenters. The Bertz CT molecular complexity index is 326. The molecule has 0 spiro atoms. The van der Waals surface area contributed by atoms with Crippen LogP contribution >= 0.6 is 11.6 Å². The van der Waals surface area contributed by atoms with E-state index in [9.17, 15) is 9.18 Å². The molecule has 0 saturated heterocycles. The fraction of sp³-hybridized carbons (Fsp3) is 0.364. The maximum atomic E-state index is 12.6. The third kappa shape index (κ3) is 3.88. The zero-order chi connectivity index (χ0) is 11.3. The number of carbonyl (C=O) groups excluding carboxylic acids is 1. The molecule has 1 aromatic rings. The van der Waals surface area contributed by atoms with Crippen LogP contribution < -0.4 is 5.32 Å². The van der Waals surface area contributed by atoms with Crippen LogP contribution in [-0.4, -0.2) is 17.8 Å². The molecular weight excluding hydrogens is 217 g/mol. The van der Waals surface area contributed by atoms with E-state index in [2.05, 4.69) is 5.32 Å². The number of rotatable bonds is 4. The van der Waals surface area contributed by atoms with Crippen molar-refractivity contribution in [3.63, 3.8) is 0 Å². The average molecular weight is 230 g/mol. The summed E-state index contributed by atoms with van der Waals surface area (Å²) in [5, 5.41) is 2.62. The lowest BCUT2D eigenvalue weighted by Crippen LogP contribution is -2.29. The van der Waals surface area contributed by atoms with E-state index >= 15 is 0 Å². The number of carbonyl (C=O) groups is 1. The van der Waals surface area contributed by atoms with Gasteiger partial charge >= 0.3 is 0 Å². The van der Waals surface area contributed by atoms with Gasteiger partial charge in [0.1, 0.15) is 5.82 Å². The lowest BCUT2D eigenvalue weighted by Gasteiger charge is -2.08. The monoisotopic (exact) mass is 229 g/mol. The van der Waals surface area contributed by atoms with Crippen LogP contribution in [0.4, 0.5) is 4.39 Å². The van der Waals surface area contributed by atoms with E-state index < -0.39 is 0 Å². The first-order chi connectivity index (χ1) is 7.13. The van der Waals surface area contributed by atoms with E-state index in [4.69, 9.17) is 11.6 Å². The lowest BCUT2D eigenvalue weighted by atomic mass is 10.2. The molecule has 2 nitrogen and oxygen atoms in total. The van der Waals surface area contributed by atoms with Crippen LogP contribution in [0.1, 0.15) is 23.7 Å². The number of amides is 1. The Hall–Kier alpha value is -1.09. The van der Waals surface area contributed by atoms with Gasteiger partial charge in [-0.05, 0) is 30.7 Å². The summed E-state index contributed by atoms with van der Waals surface area (Å²) in [5.74, 6) is -0.579. The fourth-order valence-corrected chi connectivity index (χ4v) is 1.13. The van der Waals surface area contributed by atoms with E-state index in [1.807, 2.05) is 6.92 Å². The maximum Gasteiger partial charge on any atom is 0.251 e. The Morgan fingerprint density at radius 3 is 2.60 bits per heavy atom. The Morgan fingerprint density at radius 2 is 2.07 bits per heavy atom. The number of alkyl halides is 1. The van der Waals surface area contributed by atoms with Gasteiger partial charge in [0.2, 0.25) is 0 Å². The van der Waals surface area contributed by atoms with Crippen LogP contribution in [0.15, 0.2) is 24.3 Å². The zero-order valence-electron chi connectivity index (χ0n) is 8.47. The zero-order valence-corrected chi connectivity index (χ0v) is 9.22. The van der Waals surface area contributed by atoms with Crippen molar-refractivity contribution in [3.05, 3.63) is 35.6 Å². The third-order valence-electron chi connectivity index (χ3n) is 2.03. The Kier molecular flexibility index (Phi) is 4.56. The van der Waals surface area contributed by atoms with E-state index in [0.717, 1.165) is 6.42 Å². The predicted octanol–water partition coefficient (Wildman–Crippen LogP) is 2.57. The first-order valence-corrected chi connectivity index (χ1v) is 5.25. The van der Waals surface area contributed by atoms with Gasteiger partial charge in [0, 0.05) is 12.1 Å². The highest BCUT2D eigenvalue weighted by Gasteiger charge is 2.07. The van der Waals surface area contributed by atoms with Crippen molar-refractivity contribution in [3.8, 4) is 0 Å². The first kappa shape index (κ1) is 12.0. The van der Waals surface area contributed by atoms with Gasteiger partial charge in [0.15, 0.2) is 0 Å². The molecule has 82 valence electrons. The highest BCUT2D eigenvalue weighted by molar-refractivity contribution is 6.20. The number of nitrogens with one attached hydrogen (secondary N) is 1. The Morgan fingerprint density at radius 1 is 1.47 bits per heavy atom. The van der Waals surface area contributed by atoms with Gasteiger partial charge in [-0.25, -0.2) is 4.39 Å². The smallest absolute Gasteiger partial charge is 0.251 e. The molecule has 0 saturated carbocycles. The molecule has 0 bridgehead atoms. The highest BCUT2D eigenvalue weighted by atomic mass is 35.5. The summed E-state index contributed by atoms with van der Waals surface area (Å²) in [6.07, 6.45) is 0.797. The third-order valence-corrected chi connectivity index (χ3v) is 2.50. The van der Waals surface area contributed by atoms with Crippen LogP contribution in [0.3, 0.4) is 0 Å². The summed E-state index contributed by atoms with van der Waals surface area (Å²) in [5.41, 5.74) is 0.441. The minimum atomic E-state index is -0.352. The Labute approximate surface area is 93.4 Å². The summed E-state index contributed by atoms with van der Waals surface area (Å²) in [4.78, 5) is 11.5. The molecular formula is C11H13ClFNO. The highest BCUT2D eigenvalue weighted by Crippen LogP contribution is 2.03. The Balaban J connectivity index is 2.50. The summed E-state index contributed by atoms with van der Waals surface area (Å²) in [7, 11) is 0. The maximum absolute atomic E-state index is 12.6. The normalized spacial score (nSPS) is 12.2. The van der Waals surface area contributed by atoms with Crippen LogP contribution in [0.5, 0.6) is 0 Å². The van der Waals surface area contributed by atoms with E-state index in [1.54, 1.807) is 0 Å². The minimum absolute atomic E-state index is 0.0607. The quantitative estimate of drug-likeness (QED) is 0.790. The van der Waals surface area contributed by atoms with Gasteiger partial charge in [0.25, 0.3) is 5.91 Å². The van der Waals surface area contributed by atoms with E-state index in [1.165, 1.54) is 24.3 Å². The fourth-order valence-electron chi connectivity index (χ4n) is 1.05. The van der Waals surface area contributed by atoms with Gasteiger partial charge < -0.3 is 5.32 Å². The minimum Gasteiger partial charge on any atom is -0.351 e. The van der Waals surface area contributed by atoms with Crippen molar-refractivity contribution in [2.24, 2.45) is 0 Å². The molecule has 1 N–H and O–H groups in total. The molecule has 15 heavy (non-hydrogen) atoms. The van der Waals surface area contributed by atoms with Crippen molar-refractivity contribution in [1.29, 1.82) is 0 Å². The van der Waals surface area contributed by atoms with Crippen molar-refractivity contribution in [2.75, 3.05) is 6.54 Å². The number of hydrogen-bond acceptors (Lipinski definition) is 1. The summed E-state index contributed by atoms with van der Waals surface area (Å²) < 4.78 is 12.6. The molecule has 1 atom stereocenters. The number of benzene rings is 1. The second-order valence-electron chi connectivity index (χ2n) is 3.22. The van der Waals surface area contributed by atoms with Crippen LogP contribution in [0.2, 0.25) is 0 Å². The predicted molar refractivity (Wildman–Crippen MR) is 58.7 cm³/mol. The number of halogens is 2. The van der Waals surface area contributed by atoms with Gasteiger partial charge in [-0.1, -0.05) is 6.92 Å².